The maximum atomic E-state index is 6.45. The largest absolute Gasteiger partial charge is 0.456 e. The van der Waals surface area contributed by atoms with Gasteiger partial charge in [-0.3, -0.25) is 0 Å². The van der Waals surface area contributed by atoms with Crippen LogP contribution in [0.2, 0.25) is 0 Å². The summed E-state index contributed by atoms with van der Waals surface area (Å²) in [5.74, 6) is 1.62. The summed E-state index contributed by atoms with van der Waals surface area (Å²) >= 11 is 7.37. The van der Waals surface area contributed by atoms with E-state index in [2.05, 4.69) is 56.1 Å². The summed E-state index contributed by atoms with van der Waals surface area (Å²) in [6, 6.07) is 32.6. The van der Waals surface area contributed by atoms with Gasteiger partial charge in [-0.2, -0.15) is 0 Å². The van der Waals surface area contributed by atoms with Gasteiger partial charge in [0.15, 0.2) is 0 Å². The first kappa shape index (κ1) is 18.0. The second-order valence-corrected chi connectivity index (χ2v) is 7.77. The van der Waals surface area contributed by atoms with E-state index in [1.807, 2.05) is 72.8 Å². The van der Waals surface area contributed by atoms with Crippen molar-refractivity contribution in [3.63, 3.8) is 0 Å². The Labute approximate surface area is 175 Å². The zero-order chi connectivity index (χ0) is 18.6. The van der Waals surface area contributed by atoms with Gasteiger partial charge < -0.3 is 4.74 Å². The third-order valence-corrected chi connectivity index (χ3v) is 5.62. The minimum Gasteiger partial charge on any atom is -0.456 e. The Hall–Kier alpha value is -2.36. The molecule has 3 heteroatoms. The maximum Gasteiger partial charge on any atom is 0.136 e. The molecule has 1 nitrogen and oxygen atoms in total. The lowest BCUT2D eigenvalue weighted by Gasteiger charge is -2.17. The van der Waals surface area contributed by atoms with Crippen molar-refractivity contribution < 1.29 is 4.74 Å². The van der Waals surface area contributed by atoms with Gasteiger partial charge in [0.1, 0.15) is 11.5 Å². The summed E-state index contributed by atoms with van der Waals surface area (Å²) in [5.41, 5.74) is 4.29. The lowest BCUT2D eigenvalue weighted by atomic mass is 10.0. The number of ether oxygens (including phenoxy) is 1. The van der Waals surface area contributed by atoms with Gasteiger partial charge in [0.2, 0.25) is 0 Å². The number of benzene rings is 4. The molecule has 0 saturated carbocycles. The van der Waals surface area contributed by atoms with Crippen molar-refractivity contribution in [2.75, 3.05) is 0 Å². The van der Waals surface area contributed by atoms with Crippen molar-refractivity contribution in [2.45, 2.75) is 0 Å². The van der Waals surface area contributed by atoms with E-state index in [0.717, 1.165) is 42.7 Å². The molecule has 27 heavy (non-hydrogen) atoms. The highest BCUT2D eigenvalue weighted by atomic mass is 79.9. The molecule has 0 heterocycles. The predicted octanol–water partition coefficient (Wildman–Crippen LogP) is 8.34. The molecule has 0 bridgehead atoms. The van der Waals surface area contributed by atoms with Crippen LogP contribution in [0, 0.1) is 0 Å². The quantitative estimate of drug-likeness (QED) is 0.285. The van der Waals surface area contributed by atoms with Crippen molar-refractivity contribution in [1.82, 2.24) is 0 Å². The molecule has 0 aliphatic carbocycles. The van der Waals surface area contributed by atoms with Gasteiger partial charge in [-0.15, -0.1) is 0 Å². The Kier molecular flexibility index (Phi) is 5.42. The van der Waals surface area contributed by atoms with Crippen LogP contribution in [-0.4, -0.2) is 0 Å². The normalized spacial score (nSPS) is 10.6. The summed E-state index contributed by atoms with van der Waals surface area (Å²) in [5, 5.41) is 0. The van der Waals surface area contributed by atoms with Crippen molar-refractivity contribution >= 4 is 31.9 Å². The fraction of sp³-hybridized carbons (Fsp3) is 0. The Morgan fingerprint density at radius 1 is 0.444 bits per heavy atom. The molecule has 0 amide bonds. The minimum atomic E-state index is 0.811. The van der Waals surface area contributed by atoms with Crippen LogP contribution in [0.5, 0.6) is 11.5 Å². The van der Waals surface area contributed by atoms with Crippen molar-refractivity contribution in [3.05, 3.63) is 106 Å². The lowest BCUT2D eigenvalue weighted by molar-refractivity contribution is 0.485. The third kappa shape index (κ3) is 3.85. The molecule has 4 rings (SSSR count). The molecule has 0 radical (unpaired) electrons. The van der Waals surface area contributed by atoms with E-state index in [9.17, 15) is 0 Å². The highest BCUT2D eigenvalue weighted by molar-refractivity contribution is 9.11. The Balaban J connectivity index is 1.84. The van der Waals surface area contributed by atoms with Crippen LogP contribution in [0.15, 0.2) is 106 Å². The number of halogens is 2. The van der Waals surface area contributed by atoms with E-state index >= 15 is 0 Å². The van der Waals surface area contributed by atoms with E-state index < -0.39 is 0 Å². The zero-order valence-corrected chi connectivity index (χ0v) is 17.6. The van der Waals surface area contributed by atoms with Gasteiger partial charge in [0, 0.05) is 20.1 Å². The van der Waals surface area contributed by atoms with E-state index in [1.165, 1.54) is 0 Å². The Bertz CT molecular complexity index is 973. The second kappa shape index (κ2) is 8.12. The first-order valence-electron chi connectivity index (χ1n) is 8.60. The van der Waals surface area contributed by atoms with Gasteiger partial charge in [-0.25, -0.2) is 0 Å². The summed E-state index contributed by atoms with van der Waals surface area (Å²) in [4.78, 5) is 0. The van der Waals surface area contributed by atoms with Gasteiger partial charge in [0.25, 0.3) is 0 Å². The fourth-order valence-corrected chi connectivity index (χ4v) is 4.22. The molecule has 0 saturated heterocycles. The lowest BCUT2D eigenvalue weighted by Crippen LogP contribution is -1.92. The smallest absolute Gasteiger partial charge is 0.136 e. The van der Waals surface area contributed by atoms with Gasteiger partial charge in [-0.1, -0.05) is 105 Å². The number of hydrogen-bond acceptors (Lipinski definition) is 1. The summed E-state index contributed by atoms with van der Waals surface area (Å²) in [6.45, 7) is 0. The molecule has 0 N–H and O–H groups in total. The maximum absolute atomic E-state index is 6.45. The van der Waals surface area contributed by atoms with Crippen LogP contribution in [0.3, 0.4) is 0 Å². The average molecular weight is 480 g/mol. The fourth-order valence-electron chi connectivity index (χ4n) is 3.07. The van der Waals surface area contributed by atoms with Crippen LogP contribution in [-0.2, 0) is 0 Å². The molecule has 0 unspecified atom stereocenters. The monoisotopic (exact) mass is 478 g/mol. The summed E-state index contributed by atoms with van der Waals surface area (Å²) in [7, 11) is 0. The Morgan fingerprint density at radius 3 is 1.26 bits per heavy atom. The molecular weight excluding hydrogens is 464 g/mol. The molecular formula is C24H16Br2O. The van der Waals surface area contributed by atoms with Crippen LogP contribution in [0.25, 0.3) is 22.3 Å². The number of rotatable bonds is 4. The third-order valence-electron chi connectivity index (χ3n) is 4.30. The standard InChI is InChI=1S/C24H16Br2O/c25-19-13-7-15-21(23(19)17-9-3-1-4-10-17)27-22-16-8-14-20(26)24(22)18-11-5-2-6-12-18/h1-16H. The predicted molar refractivity (Wildman–Crippen MR) is 119 cm³/mol. The molecule has 0 aliphatic rings. The SMILES string of the molecule is Brc1cccc(Oc2cccc(Br)c2-c2ccccc2)c1-c1ccccc1. The van der Waals surface area contributed by atoms with E-state index in [0.29, 0.717) is 0 Å². The van der Waals surface area contributed by atoms with Gasteiger partial charge in [-0.05, 0) is 35.4 Å². The minimum absolute atomic E-state index is 0.811. The molecule has 0 fully saturated rings. The van der Waals surface area contributed by atoms with Crippen molar-refractivity contribution in [3.8, 4) is 33.8 Å². The highest BCUT2D eigenvalue weighted by Gasteiger charge is 2.15. The van der Waals surface area contributed by atoms with E-state index in [1.54, 1.807) is 0 Å². The van der Waals surface area contributed by atoms with Crippen LogP contribution < -0.4 is 4.74 Å². The van der Waals surface area contributed by atoms with Crippen LogP contribution in [0.1, 0.15) is 0 Å². The molecule has 0 aliphatic heterocycles. The molecule has 132 valence electrons. The highest BCUT2D eigenvalue weighted by Crippen LogP contribution is 2.43. The first-order chi connectivity index (χ1) is 13.2. The van der Waals surface area contributed by atoms with Crippen LogP contribution in [0.4, 0.5) is 0 Å². The topological polar surface area (TPSA) is 9.23 Å². The van der Waals surface area contributed by atoms with Gasteiger partial charge in [0.05, 0.1) is 0 Å². The molecule has 4 aromatic rings. The molecule has 0 spiro atoms. The zero-order valence-electron chi connectivity index (χ0n) is 14.4. The van der Waals surface area contributed by atoms with Crippen molar-refractivity contribution in [2.24, 2.45) is 0 Å². The van der Waals surface area contributed by atoms with E-state index in [4.69, 9.17) is 4.74 Å². The molecule has 4 aromatic carbocycles. The summed E-state index contributed by atoms with van der Waals surface area (Å²) in [6.07, 6.45) is 0. The molecule has 0 atom stereocenters. The Morgan fingerprint density at radius 2 is 0.852 bits per heavy atom. The second-order valence-electron chi connectivity index (χ2n) is 6.06. The molecule has 0 aromatic heterocycles. The first-order valence-corrected chi connectivity index (χ1v) is 10.2. The van der Waals surface area contributed by atoms with Gasteiger partial charge >= 0.3 is 0 Å². The van der Waals surface area contributed by atoms with Crippen LogP contribution >= 0.6 is 31.9 Å². The van der Waals surface area contributed by atoms with E-state index in [-0.39, 0.29) is 0 Å². The van der Waals surface area contributed by atoms with Crippen molar-refractivity contribution in [1.29, 1.82) is 0 Å². The number of hydrogen-bond donors (Lipinski definition) is 0. The average Bonchev–Trinajstić information content (AvgIpc) is 2.70. The summed E-state index contributed by atoms with van der Waals surface area (Å²) < 4.78 is 8.46.